The predicted molar refractivity (Wildman–Crippen MR) is 88.2 cm³/mol. The highest BCUT2D eigenvalue weighted by molar-refractivity contribution is 7.89. The highest BCUT2D eigenvalue weighted by Gasteiger charge is 2.36. The maximum atomic E-state index is 12.8. The van der Waals surface area contributed by atoms with Gasteiger partial charge in [-0.15, -0.1) is 12.4 Å². The lowest BCUT2D eigenvalue weighted by Crippen LogP contribution is -2.51. The molecule has 4 nitrogen and oxygen atoms in total. The van der Waals surface area contributed by atoms with Crippen molar-refractivity contribution in [3.63, 3.8) is 0 Å². The predicted octanol–water partition coefficient (Wildman–Crippen LogP) is 2.42. The lowest BCUT2D eigenvalue weighted by Gasteiger charge is -2.38. The van der Waals surface area contributed by atoms with E-state index in [0.29, 0.717) is 23.9 Å². The van der Waals surface area contributed by atoms with E-state index >= 15 is 0 Å². The van der Waals surface area contributed by atoms with Gasteiger partial charge in [-0.2, -0.15) is 4.31 Å². The van der Waals surface area contributed by atoms with E-state index in [1.54, 1.807) is 16.4 Å². The Morgan fingerprint density at radius 1 is 1.29 bits per heavy atom. The Balaban J connectivity index is 0.00000220. The molecule has 6 heteroatoms. The maximum absolute atomic E-state index is 12.8. The highest BCUT2D eigenvalue weighted by Crippen LogP contribution is 2.28. The zero-order valence-electron chi connectivity index (χ0n) is 12.7. The van der Waals surface area contributed by atoms with E-state index in [-0.39, 0.29) is 18.4 Å². The summed E-state index contributed by atoms with van der Waals surface area (Å²) in [6, 6.07) is 7.11. The minimum atomic E-state index is -3.43. The van der Waals surface area contributed by atoms with Gasteiger partial charge in [0, 0.05) is 19.1 Å². The molecule has 1 aromatic carbocycles. The zero-order valence-corrected chi connectivity index (χ0v) is 14.3. The molecule has 21 heavy (non-hydrogen) atoms. The molecule has 2 unspecified atom stereocenters. The summed E-state index contributed by atoms with van der Waals surface area (Å²) in [5.74, 6) is 0.318. The summed E-state index contributed by atoms with van der Waals surface area (Å²) in [5.41, 5.74) is 6.94. The Hall–Kier alpha value is -0.620. The molecule has 1 aromatic rings. The van der Waals surface area contributed by atoms with Crippen molar-refractivity contribution in [2.24, 2.45) is 11.7 Å². The first kappa shape index (κ1) is 18.4. The highest BCUT2D eigenvalue weighted by atomic mass is 35.5. The number of nitrogens with two attached hydrogens (primary N) is 1. The van der Waals surface area contributed by atoms with Crippen molar-refractivity contribution in [1.29, 1.82) is 0 Å². The standard InChI is InChI=1S/C15H24N2O2S.ClH/c1-3-13-6-8-14(9-7-13)20(18,19)17-10-4-5-12(2)15(17)11-16;/h6-9,12,15H,3-5,10-11,16H2,1-2H3;1H. The Morgan fingerprint density at radius 3 is 2.43 bits per heavy atom. The number of piperidine rings is 1. The number of nitrogens with zero attached hydrogens (tertiary/aromatic N) is 1. The fourth-order valence-corrected chi connectivity index (χ4v) is 4.66. The molecular weight excluding hydrogens is 308 g/mol. The van der Waals surface area contributed by atoms with Crippen molar-refractivity contribution < 1.29 is 8.42 Å². The van der Waals surface area contributed by atoms with E-state index in [4.69, 9.17) is 5.73 Å². The molecule has 0 spiro atoms. The second-order valence-corrected chi connectivity index (χ2v) is 7.43. The zero-order chi connectivity index (χ0) is 14.8. The average molecular weight is 333 g/mol. The first-order valence-corrected chi connectivity index (χ1v) is 8.75. The molecule has 1 heterocycles. The summed E-state index contributed by atoms with van der Waals surface area (Å²) in [4.78, 5) is 0.377. The average Bonchev–Trinajstić information content (AvgIpc) is 2.47. The lowest BCUT2D eigenvalue weighted by atomic mass is 9.93. The molecule has 1 aliphatic heterocycles. The van der Waals surface area contributed by atoms with Gasteiger partial charge in [0.25, 0.3) is 0 Å². The van der Waals surface area contributed by atoms with Gasteiger partial charge in [-0.25, -0.2) is 8.42 Å². The number of aryl methyl sites for hydroxylation is 1. The molecule has 0 radical (unpaired) electrons. The summed E-state index contributed by atoms with van der Waals surface area (Å²) < 4.78 is 27.1. The summed E-state index contributed by atoms with van der Waals surface area (Å²) >= 11 is 0. The van der Waals surface area contributed by atoms with Crippen molar-refractivity contribution in [1.82, 2.24) is 4.31 Å². The molecule has 120 valence electrons. The van der Waals surface area contributed by atoms with Gasteiger partial charge >= 0.3 is 0 Å². The quantitative estimate of drug-likeness (QED) is 0.921. The van der Waals surface area contributed by atoms with Crippen molar-refractivity contribution in [2.45, 2.75) is 44.0 Å². The third-order valence-corrected chi connectivity index (χ3v) is 6.18. The number of sulfonamides is 1. The van der Waals surface area contributed by atoms with Gasteiger partial charge in [-0.1, -0.05) is 26.0 Å². The minimum absolute atomic E-state index is 0. The normalized spacial score (nSPS) is 23.6. The summed E-state index contributed by atoms with van der Waals surface area (Å²) in [5, 5.41) is 0. The molecule has 0 amide bonds. The summed E-state index contributed by atoms with van der Waals surface area (Å²) in [7, 11) is -3.43. The van der Waals surface area contributed by atoms with Gasteiger partial charge in [-0.05, 0) is 42.9 Å². The fourth-order valence-electron chi connectivity index (χ4n) is 2.89. The van der Waals surface area contributed by atoms with E-state index < -0.39 is 10.0 Å². The van der Waals surface area contributed by atoms with Crippen LogP contribution in [0.3, 0.4) is 0 Å². The molecule has 0 bridgehead atoms. The molecule has 2 rings (SSSR count). The van der Waals surface area contributed by atoms with Crippen LogP contribution >= 0.6 is 12.4 Å². The van der Waals surface area contributed by atoms with E-state index in [1.165, 1.54) is 0 Å². The van der Waals surface area contributed by atoms with Gasteiger partial charge in [0.1, 0.15) is 0 Å². The number of hydrogen-bond donors (Lipinski definition) is 1. The van der Waals surface area contributed by atoms with Crippen LogP contribution in [-0.2, 0) is 16.4 Å². The smallest absolute Gasteiger partial charge is 0.243 e. The largest absolute Gasteiger partial charge is 0.329 e. The van der Waals surface area contributed by atoms with Crippen LogP contribution < -0.4 is 5.73 Å². The lowest BCUT2D eigenvalue weighted by molar-refractivity contribution is 0.192. The second kappa shape index (κ2) is 7.58. The van der Waals surface area contributed by atoms with Gasteiger partial charge in [-0.3, -0.25) is 0 Å². The van der Waals surface area contributed by atoms with Gasteiger partial charge in [0.2, 0.25) is 10.0 Å². The van der Waals surface area contributed by atoms with Crippen LogP contribution in [0.2, 0.25) is 0 Å². The van der Waals surface area contributed by atoms with Crippen LogP contribution in [0.1, 0.15) is 32.3 Å². The number of hydrogen-bond acceptors (Lipinski definition) is 3. The molecule has 0 aromatic heterocycles. The van der Waals surface area contributed by atoms with Gasteiger partial charge < -0.3 is 5.73 Å². The molecule has 1 fully saturated rings. The van der Waals surface area contributed by atoms with Crippen molar-refractivity contribution in [3.05, 3.63) is 29.8 Å². The van der Waals surface area contributed by atoms with Crippen LogP contribution in [0, 0.1) is 5.92 Å². The van der Waals surface area contributed by atoms with Crippen molar-refractivity contribution in [3.8, 4) is 0 Å². The van der Waals surface area contributed by atoms with Crippen LogP contribution in [0.25, 0.3) is 0 Å². The molecule has 2 atom stereocenters. The monoisotopic (exact) mass is 332 g/mol. The van der Waals surface area contributed by atoms with E-state index in [2.05, 4.69) is 13.8 Å². The Labute approximate surface area is 134 Å². The molecular formula is C15H25ClN2O2S. The Morgan fingerprint density at radius 2 is 1.90 bits per heavy atom. The number of halogens is 1. The first-order valence-electron chi connectivity index (χ1n) is 7.31. The number of rotatable bonds is 4. The fraction of sp³-hybridized carbons (Fsp3) is 0.600. The van der Waals surface area contributed by atoms with Crippen molar-refractivity contribution in [2.75, 3.05) is 13.1 Å². The third-order valence-electron chi connectivity index (χ3n) is 4.24. The molecule has 2 N–H and O–H groups in total. The molecule has 1 aliphatic rings. The minimum Gasteiger partial charge on any atom is -0.329 e. The van der Waals surface area contributed by atoms with Gasteiger partial charge in [0.05, 0.1) is 4.90 Å². The summed E-state index contributed by atoms with van der Waals surface area (Å²) in [6.07, 6.45) is 2.86. The summed E-state index contributed by atoms with van der Waals surface area (Å²) in [6.45, 7) is 5.09. The molecule has 0 saturated carbocycles. The van der Waals surface area contributed by atoms with E-state index in [1.807, 2.05) is 12.1 Å². The second-order valence-electron chi connectivity index (χ2n) is 5.54. The molecule has 1 saturated heterocycles. The Bertz CT molecular complexity index is 545. The third kappa shape index (κ3) is 3.77. The molecule has 0 aliphatic carbocycles. The Kier molecular flexibility index (Phi) is 6.66. The van der Waals surface area contributed by atoms with Gasteiger partial charge in [0.15, 0.2) is 0 Å². The van der Waals surface area contributed by atoms with Crippen molar-refractivity contribution >= 4 is 22.4 Å². The van der Waals surface area contributed by atoms with Crippen LogP contribution in [0.15, 0.2) is 29.2 Å². The van der Waals surface area contributed by atoms with Crippen LogP contribution in [0.5, 0.6) is 0 Å². The SMILES string of the molecule is CCc1ccc(S(=O)(=O)N2CCCC(C)C2CN)cc1.Cl. The number of benzene rings is 1. The van der Waals surface area contributed by atoms with E-state index in [9.17, 15) is 8.42 Å². The topological polar surface area (TPSA) is 63.4 Å². The first-order chi connectivity index (χ1) is 9.50. The van der Waals surface area contributed by atoms with Crippen LogP contribution in [0.4, 0.5) is 0 Å². The van der Waals surface area contributed by atoms with E-state index in [0.717, 1.165) is 24.8 Å². The van der Waals surface area contributed by atoms with Crippen LogP contribution in [-0.4, -0.2) is 31.9 Å². The maximum Gasteiger partial charge on any atom is 0.243 e.